The van der Waals surface area contributed by atoms with E-state index >= 15 is 0 Å². The maximum absolute atomic E-state index is 12.6. The molecule has 128 valence electrons. The Morgan fingerprint density at radius 3 is 2.62 bits per heavy atom. The van der Waals surface area contributed by atoms with Crippen molar-refractivity contribution in [3.05, 3.63) is 22.1 Å². The Labute approximate surface area is 148 Å². The van der Waals surface area contributed by atoms with Crippen LogP contribution in [0.3, 0.4) is 0 Å². The van der Waals surface area contributed by atoms with Crippen LogP contribution < -0.4 is 0 Å². The summed E-state index contributed by atoms with van der Waals surface area (Å²) in [6, 6.07) is 0. The zero-order valence-corrected chi connectivity index (χ0v) is 15.0. The molecule has 24 heavy (non-hydrogen) atoms. The van der Waals surface area contributed by atoms with Gasteiger partial charge < -0.3 is 5.11 Å². The SMILES string of the molecule is O=C(CO)CCCCCC(=O)c1nc(-c2nccs2)sc1C1CC1. The van der Waals surface area contributed by atoms with Crippen molar-refractivity contribution in [3.8, 4) is 10.0 Å². The smallest absolute Gasteiger partial charge is 0.182 e. The Bertz CT molecular complexity index is 705. The maximum atomic E-state index is 12.6. The van der Waals surface area contributed by atoms with Gasteiger partial charge in [0, 0.05) is 29.3 Å². The van der Waals surface area contributed by atoms with E-state index in [0.29, 0.717) is 24.5 Å². The van der Waals surface area contributed by atoms with Gasteiger partial charge in [0.15, 0.2) is 21.6 Å². The zero-order chi connectivity index (χ0) is 16.9. The minimum absolute atomic E-state index is 0.101. The van der Waals surface area contributed by atoms with E-state index in [1.807, 2.05) is 5.38 Å². The van der Waals surface area contributed by atoms with Crippen molar-refractivity contribution in [1.82, 2.24) is 9.97 Å². The monoisotopic (exact) mass is 364 g/mol. The van der Waals surface area contributed by atoms with Crippen molar-refractivity contribution in [2.24, 2.45) is 0 Å². The topological polar surface area (TPSA) is 80.1 Å². The number of aromatic nitrogens is 2. The molecule has 1 N–H and O–H groups in total. The van der Waals surface area contributed by atoms with Crippen LogP contribution >= 0.6 is 22.7 Å². The molecule has 0 amide bonds. The van der Waals surface area contributed by atoms with E-state index in [1.54, 1.807) is 28.9 Å². The Hall–Kier alpha value is -1.44. The molecule has 2 aromatic rings. The van der Waals surface area contributed by atoms with E-state index < -0.39 is 0 Å². The molecule has 0 spiro atoms. The molecule has 3 rings (SSSR count). The molecule has 1 fully saturated rings. The van der Waals surface area contributed by atoms with Gasteiger partial charge in [0.1, 0.15) is 12.3 Å². The fraction of sp³-hybridized carbons (Fsp3) is 0.529. The van der Waals surface area contributed by atoms with Crippen LogP contribution in [0.2, 0.25) is 0 Å². The summed E-state index contributed by atoms with van der Waals surface area (Å²) in [4.78, 5) is 33.6. The summed E-state index contributed by atoms with van der Waals surface area (Å²) in [6.07, 6.45) is 7.20. The quantitative estimate of drug-likeness (QED) is 0.512. The number of ketones is 2. The number of thiazole rings is 2. The third-order valence-corrected chi connectivity index (χ3v) is 6.15. The Kier molecular flexibility index (Phi) is 5.86. The molecule has 5 nitrogen and oxygen atoms in total. The van der Waals surface area contributed by atoms with Gasteiger partial charge in [-0.2, -0.15) is 0 Å². The normalized spacial score (nSPS) is 14.0. The summed E-state index contributed by atoms with van der Waals surface area (Å²) >= 11 is 3.15. The number of rotatable bonds is 10. The van der Waals surface area contributed by atoms with E-state index in [4.69, 9.17) is 5.11 Å². The van der Waals surface area contributed by atoms with E-state index in [-0.39, 0.29) is 18.2 Å². The Morgan fingerprint density at radius 2 is 1.96 bits per heavy atom. The second-order valence-corrected chi connectivity index (χ2v) is 7.95. The number of Topliss-reactive ketones (excluding diaryl/α,β-unsaturated/α-hetero) is 2. The molecule has 0 aliphatic heterocycles. The number of aliphatic hydroxyl groups excluding tert-OH is 1. The minimum atomic E-state index is -0.387. The third kappa shape index (κ3) is 4.34. The lowest BCUT2D eigenvalue weighted by molar-refractivity contribution is -0.121. The lowest BCUT2D eigenvalue weighted by Gasteiger charge is -2.01. The summed E-state index contributed by atoms with van der Waals surface area (Å²) in [5, 5.41) is 12.3. The molecule has 0 atom stereocenters. The van der Waals surface area contributed by atoms with Crippen molar-refractivity contribution in [3.63, 3.8) is 0 Å². The summed E-state index contributed by atoms with van der Waals surface area (Å²) in [7, 11) is 0. The highest BCUT2D eigenvalue weighted by Crippen LogP contribution is 2.46. The standard InChI is InChI=1S/C17H20N2O3S2/c20-10-12(21)4-2-1-3-5-13(22)14-15(11-6-7-11)24-17(19-14)16-18-8-9-23-16/h8-9,11,20H,1-7,10H2. The van der Waals surface area contributed by atoms with Crippen molar-refractivity contribution < 1.29 is 14.7 Å². The van der Waals surface area contributed by atoms with Gasteiger partial charge in [-0.15, -0.1) is 22.7 Å². The first-order chi connectivity index (χ1) is 11.7. The molecule has 1 aliphatic carbocycles. The van der Waals surface area contributed by atoms with E-state index in [9.17, 15) is 9.59 Å². The predicted octanol–water partition coefficient (Wildman–Crippen LogP) is 3.84. The minimum Gasteiger partial charge on any atom is -0.389 e. The number of carbonyl (C=O) groups is 2. The number of unbranched alkanes of at least 4 members (excludes halogenated alkanes) is 2. The van der Waals surface area contributed by atoms with Crippen LogP contribution in [0.5, 0.6) is 0 Å². The van der Waals surface area contributed by atoms with E-state index in [0.717, 1.165) is 47.0 Å². The number of aliphatic hydroxyl groups is 1. The van der Waals surface area contributed by atoms with Gasteiger partial charge in [-0.25, -0.2) is 9.97 Å². The fourth-order valence-electron chi connectivity index (χ4n) is 2.56. The summed E-state index contributed by atoms with van der Waals surface area (Å²) in [6.45, 7) is -0.387. The Balaban J connectivity index is 1.59. The number of carbonyl (C=O) groups excluding carboxylic acids is 2. The second kappa shape index (κ2) is 8.09. The molecule has 0 unspecified atom stereocenters. The molecular formula is C17H20N2O3S2. The largest absolute Gasteiger partial charge is 0.389 e. The molecule has 0 saturated heterocycles. The number of hydrogen-bond acceptors (Lipinski definition) is 7. The number of nitrogens with zero attached hydrogens (tertiary/aromatic N) is 2. The molecule has 2 heterocycles. The van der Waals surface area contributed by atoms with Crippen LogP contribution in [0.4, 0.5) is 0 Å². The molecule has 1 aliphatic rings. The molecule has 0 bridgehead atoms. The van der Waals surface area contributed by atoms with E-state index in [2.05, 4.69) is 9.97 Å². The molecule has 1 saturated carbocycles. The molecule has 7 heteroatoms. The van der Waals surface area contributed by atoms with Gasteiger partial charge in [0.2, 0.25) is 0 Å². The van der Waals surface area contributed by atoms with Crippen LogP contribution in [-0.2, 0) is 4.79 Å². The lowest BCUT2D eigenvalue weighted by atomic mass is 10.1. The maximum Gasteiger partial charge on any atom is 0.182 e. The first kappa shape index (κ1) is 17.4. The molecule has 0 radical (unpaired) electrons. The highest BCUT2D eigenvalue weighted by atomic mass is 32.1. The van der Waals surface area contributed by atoms with Gasteiger partial charge >= 0.3 is 0 Å². The van der Waals surface area contributed by atoms with Gasteiger partial charge in [0.25, 0.3) is 0 Å². The summed E-state index contributed by atoms with van der Waals surface area (Å²) in [5.74, 6) is 0.465. The van der Waals surface area contributed by atoms with Gasteiger partial charge in [-0.05, 0) is 31.6 Å². The number of hydrogen-bond donors (Lipinski definition) is 1. The van der Waals surface area contributed by atoms with Crippen LogP contribution in [0.25, 0.3) is 10.0 Å². The van der Waals surface area contributed by atoms with Gasteiger partial charge in [0.05, 0.1) is 0 Å². The van der Waals surface area contributed by atoms with E-state index in [1.165, 1.54) is 0 Å². The first-order valence-corrected chi connectivity index (χ1v) is 9.95. The van der Waals surface area contributed by atoms with Gasteiger partial charge in [-0.1, -0.05) is 6.42 Å². The van der Waals surface area contributed by atoms with Gasteiger partial charge in [-0.3, -0.25) is 9.59 Å². The Morgan fingerprint density at radius 1 is 1.17 bits per heavy atom. The molecule has 0 aromatic carbocycles. The predicted molar refractivity (Wildman–Crippen MR) is 94.7 cm³/mol. The highest BCUT2D eigenvalue weighted by molar-refractivity contribution is 7.20. The summed E-state index contributed by atoms with van der Waals surface area (Å²) < 4.78 is 0. The van der Waals surface area contributed by atoms with Crippen molar-refractivity contribution >= 4 is 34.2 Å². The fourth-order valence-corrected chi connectivity index (χ4v) is 4.49. The first-order valence-electron chi connectivity index (χ1n) is 8.25. The highest BCUT2D eigenvalue weighted by Gasteiger charge is 2.32. The average molecular weight is 364 g/mol. The molecular weight excluding hydrogens is 344 g/mol. The van der Waals surface area contributed by atoms with Crippen LogP contribution in [0, 0.1) is 0 Å². The lowest BCUT2D eigenvalue weighted by Crippen LogP contribution is -2.04. The van der Waals surface area contributed by atoms with Crippen LogP contribution in [0.15, 0.2) is 11.6 Å². The zero-order valence-electron chi connectivity index (χ0n) is 13.4. The molecule has 2 aromatic heterocycles. The van der Waals surface area contributed by atoms with Crippen molar-refractivity contribution in [2.75, 3.05) is 6.61 Å². The average Bonchev–Trinajstić information content (AvgIpc) is 3.12. The summed E-state index contributed by atoms with van der Waals surface area (Å²) in [5.41, 5.74) is 0.638. The van der Waals surface area contributed by atoms with Crippen LogP contribution in [0.1, 0.15) is 66.2 Å². The second-order valence-electron chi connectivity index (χ2n) is 6.02. The van der Waals surface area contributed by atoms with Crippen molar-refractivity contribution in [2.45, 2.75) is 50.9 Å². The van der Waals surface area contributed by atoms with Crippen LogP contribution in [-0.4, -0.2) is 33.2 Å². The third-order valence-electron chi connectivity index (χ3n) is 4.02. The van der Waals surface area contributed by atoms with Crippen molar-refractivity contribution in [1.29, 1.82) is 0 Å².